The molecule has 0 aromatic heterocycles. The summed E-state index contributed by atoms with van der Waals surface area (Å²) in [6.45, 7) is 2.54. The van der Waals surface area contributed by atoms with Crippen LogP contribution >= 0.6 is 0 Å². The second-order valence-corrected chi connectivity index (χ2v) is 4.36. The number of benzene rings is 1. The summed E-state index contributed by atoms with van der Waals surface area (Å²) in [7, 11) is 2.80. The van der Waals surface area contributed by atoms with Crippen molar-refractivity contribution in [1.82, 2.24) is 4.90 Å². The van der Waals surface area contributed by atoms with Gasteiger partial charge >= 0.3 is 5.97 Å². The van der Waals surface area contributed by atoms with E-state index in [1.165, 1.54) is 19.1 Å². The lowest BCUT2D eigenvalue weighted by atomic mass is 10.1. The van der Waals surface area contributed by atoms with Gasteiger partial charge < -0.3 is 14.4 Å². The molecule has 0 bridgehead atoms. The van der Waals surface area contributed by atoms with Crippen molar-refractivity contribution >= 4 is 11.9 Å². The van der Waals surface area contributed by atoms with Crippen molar-refractivity contribution in [2.24, 2.45) is 0 Å². The molecule has 1 aromatic rings. The molecular weight excluding hydrogens is 258 g/mol. The third-order valence-corrected chi connectivity index (χ3v) is 2.92. The van der Waals surface area contributed by atoms with Crippen LogP contribution in [0.5, 0.6) is 0 Å². The van der Waals surface area contributed by atoms with E-state index < -0.39 is 12.0 Å². The predicted octanol–water partition coefficient (Wildman–Crippen LogP) is 1.73. The number of hydrogen-bond donors (Lipinski definition) is 0. The zero-order valence-electron chi connectivity index (χ0n) is 12.2. The molecule has 0 heterocycles. The third-order valence-electron chi connectivity index (χ3n) is 2.92. The Balaban J connectivity index is 3.01. The monoisotopic (exact) mass is 279 g/mol. The topological polar surface area (TPSA) is 55.8 Å². The van der Waals surface area contributed by atoms with E-state index in [9.17, 15) is 9.59 Å². The molecule has 1 unspecified atom stereocenters. The standard InChI is InChI=1S/C15H21NO4/c1-4-10-16(13(11-19-2)15(18)20-3)14(17)12-8-6-5-7-9-12/h5-9,13H,4,10-11H2,1-3H3. The largest absolute Gasteiger partial charge is 0.467 e. The highest BCUT2D eigenvalue weighted by Crippen LogP contribution is 2.11. The number of esters is 1. The van der Waals surface area contributed by atoms with Gasteiger partial charge in [0.1, 0.15) is 0 Å². The van der Waals surface area contributed by atoms with Gasteiger partial charge in [0.2, 0.25) is 0 Å². The van der Waals surface area contributed by atoms with Crippen LogP contribution < -0.4 is 0 Å². The highest BCUT2D eigenvalue weighted by molar-refractivity contribution is 5.96. The first-order valence-corrected chi connectivity index (χ1v) is 6.58. The van der Waals surface area contributed by atoms with E-state index in [1.807, 2.05) is 13.0 Å². The van der Waals surface area contributed by atoms with Gasteiger partial charge in [-0.25, -0.2) is 4.79 Å². The fourth-order valence-corrected chi connectivity index (χ4v) is 1.97. The lowest BCUT2D eigenvalue weighted by molar-refractivity contribution is -0.148. The van der Waals surface area contributed by atoms with E-state index in [4.69, 9.17) is 9.47 Å². The smallest absolute Gasteiger partial charge is 0.331 e. The van der Waals surface area contributed by atoms with E-state index in [2.05, 4.69) is 0 Å². The molecule has 0 fully saturated rings. The summed E-state index contributed by atoms with van der Waals surface area (Å²) in [4.78, 5) is 25.9. The molecule has 0 saturated carbocycles. The normalized spacial score (nSPS) is 11.8. The van der Waals surface area contributed by atoms with E-state index >= 15 is 0 Å². The van der Waals surface area contributed by atoms with Crippen molar-refractivity contribution in [2.45, 2.75) is 19.4 Å². The molecule has 5 nitrogen and oxygen atoms in total. The maximum atomic E-state index is 12.5. The Morgan fingerprint density at radius 1 is 1.20 bits per heavy atom. The Morgan fingerprint density at radius 2 is 1.85 bits per heavy atom. The summed E-state index contributed by atoms with van der Waals surface area (Å²) in [5.41, 5.74) is 0.547. The number of nitrogens with zero attached hydrogens (tertiary/aromatic N) is 1. The molecule has 1 aromatic carbocycles. The predicted molar refractivity (Wildman–Crippen MR) is 75.4 cm³/mol. The molecule has 0 radical (unpaired) electrons. The second kappa shape index (κ2) is 8.32. The zero-order valence-corrected chi connectivity index (χ0v) is 12.2. The molecule has 0 aliphatic heterocycles. The summed E-state index contributed by atoms with van der Waals surface area (Å²) >= 11 is 0. The quantitative estimate of drug-likeness (QED) is 0.713. The molecule has 110 valence electrons. The maximum absolute atomic E-state index is 12.5. The number of carbonyl (C=O) groups excluding carboxylic acids is 2. The van der Waals surface area contributed by atoms with Crippen LogP contribution in [-0.4, -0.2) is 50.2 Å². The van der Waals surface area contributed by atoms with Crippen LogP contribution in [0.1, 0.15) is 23.7 Å². The number of methoxy groups -OCH3 is 2. The van der Waals surface area contributed by atoms with Crippen molar-refractivity contribution < 1.29 is 19.1 Å². The minimum absolute atomic E-state index is 0.116. The van der Waals surface area contributed by atoms with E-state index in [0.717, 1.165) is 6.42 Å². The van der Waals surface area contributed by atoms with Crippen LogP contribution in [-0.2, 0) is 14.3 Å². The minimum Gasteiger partial charge on any atom is -0.467 e. The van der Waals surface area contributed by atoms with Crippen LogP contribution in [0, 0.1) is 0 Å². The van der Waals surface area contributed by atoms with Crippen LogP contribution in [0.3, 0.4) is 0 Å². The van der Waals surface area contributed by atoms with Gasteiger partial charge in [-0.1, -0.05) is 25.1 Å². The zero-order chi connectivity index (χ0) is 15.0. The first kappa shape index (κ1) is 16.2. The Bertz CT molecular complexity index is 433. The molecule has 5 heteroatoms. The first-order chi connectivity index (χ1) is 9.65. The average Bonchev–Trinajstić information content (AvgIpc) is 2.50. The summed E-state index contributed by atoms with van der Waals surface area (Å²) in [6, 6.07) is 8.16. The number of hydrogen-bond acceptors (Lipinski definition) is 4. The molecule has 0 aliphatic carbocycles. The Hall–Kier alpha value is -1.88. The van der Waals surface area contributed by atoms with Gasteiger partial charge in [0.25, 0.3) is 5.91 Å². The van der Waals surface area contributed by atoms with Crippen molar-refractivity contribution in [3.8, 4) is 0 Å². The minimum atomic E-state index is -0.724. The van der Waals surface area contributed by atoms with Crippen molar-refractivity contribution in [2.75, 3.05) is 27.4 Å². The molecule has 20 heavy (non-hydrogen) atoms. The lowest BCUT2D eigenvalue weighted by Gasteiger charge is -2.29. The SMILES string of the molecule is CCCN(C(=O)c1ccccc1)C(COC)C(=O)OC. The molecule has 1 atom stereocenters. The number of carbonyl (C=O) groups is 2. The van der Waals surface area contributed by atoms with Crippen LogP contribution in [0.25, 0.3) is 0 Å². The van der Waals surface area contributed by atoms with E-state index in [1.54, 1.807) is 24.3 Å². The number of ether oxygens (including phenoxy) is 2. The highest BCUT2D eigenvalue weighted by atomic mass is 16.5. The average molecular weight is 279 g/mol. The van der Waals surface area contributed by atoms with Gasteiger partial charge in [-0.05, 0) is 18.6 Å². The highest BCUT2D eigenvalue weighted by Gasteiger charge is 2.30. The van der Waals surface area contributed by atoms with Gasteiger partial charge in [0, 0.05) is 19.2 Å². The molecule has 0 aliphatic rings. The molecule has 1 rings (SSSR count). The fourth-order valence-electron chi connectivity index (χ4n) is 1.97. The van der Waals surface area contributed by atoms with E-state index in [0.29, 0.717) is 12.1 Å². The van der Waals surface area contributed by atoms with Crippen LogP contribution in [0.4, 0.5) is 0 Å². The molecular formula is C15H21NO4. The fraction of sp³-hybridized carbons (Fsp3) is 0.467. The summed E-state index contributed by atoms with van der Waals surface area (Å²) in [5.74, 6) is -0.663. The second-order valence-electron chi connectivity index (χ2n) is 4.36. The van der Waals surface area contributed by atoms with Gasteiger partial charge in [0.05, 0.1) is 13.7 Å². The van der Waals surface area contributed by atoms with Crippen molar-refractivity contribution in [1.29, 1.82) is 0 Å². The summed E-state index contributed by atoms with van der Waals surface area (Å²) in [6.07, 6.45) is 0.746. The Morgan fingerprint density at radius 3 is 2.35 bits per heavy atom. The number of amides is 1. The molecule has 1 amide bonds. The summed E-state index contributed by atoms with van der Waals surface area (Å²) in [5, 5.41) is 0. The van der Waals surface area contributed by atoms with Crippen molar-refractivity contribution in [3.63, 3.8) is 0 Å². The van der Waals surface area contributed by atoms with Crippen molar-refractivity contribution in [3.05, 3.63) is 35.9 Å². The molecule has 0 spiro atoms. The third kappa shape index (κ3) is 4.06. The van der Waals surface area contributed by atoms with Crippen LogP contribution in [0.2, 0.25) is 0 Å². The maximum Gasteiger partial charge on any atom is 0.331 e. The van der Waals surface area contributed by atoms with Crippen LogP contribution in [0.15, 0.2) is 30.3 Å². The van der Waals surface area contributed by atoms with E-state index in [-0.39, 0.29) is 12.5 Å². The Labute approximate surface area is 119 Å². The molecule has 0 N–H and O–H groups in total. The lowest BCUT2D eigenvalue weighted by Crippen LogP contribution is -2.48. The first-order valence-electron chi connectivity index (χ1n) is 6.58. The molecule has 0 saturated heterocycles. The van der Waals surface area contributed by atoms with Gasteiger partial charge in [-0.15, -0.1) is 0 Å². The summed E-state index contributed by atoms with van der Waals surface area (Å²) < 4.78 is 9.81. The van der Waals surface area contributed by atoms with Gasteiger partial charge in [0.15, 0.2) is 6.04 Å². The number of rotatable bonds is 7. The van der Waals surface area contributed by atoms with Gasteiger partial charge in [-0.3, -0.25) is 4.79 Å². The van der Waals surface area contributed by atoms with Gasteiger partial charge in [-0.2, -0.15) is 0 Å². The Kier molecular flexibility index (Phi) is 6.73.